The van der Waals surface area contributed by atoms with Crippen LogP contribution >= 0.6 is 0 Å². The minimum atomic E-state index is 0. The fourth-order valence-electron chi connectivity index (χ4n) is 0. The number of rotatable bonds is 0. The van der Waals surface area contributed by atoms with Gasteiger partial charge in [-0.25, -0.2) is 0 Å². The van der Waals surface area contributed by atoms with Gasteiger partial charge in [0.2, 0.25) is 0 Å². The Morgan fingerprint density at radius 2 is 1.00 bits per heavy atom. The topological polar surface area (TPSA) is 0 Å². The zero-order valence-electron chi connectivity index (χ0n) is 1.68. The number of hydrogen-bond acceptors (Lipinski definition) is 0. The Morgan fingerprint density at radius 3 is 1.00 bits per heavy atom. The molecular formula is CeHoMnTi. The summed E-state index contributed by atoms with van der Waals surface area (Å²) in [4.78, 5) is 0. The van der Waals surface area contributed by atoms with Gasteiger partial charge in [0.1, 0.15) is 0 Å². The molecule has 0 N–H and O–H groups in total. The third kappa shape index (κ3) is 9.30. The minimum absolute atomic E-state index is 0. The van der Waals surface area contributed by atoms with Crippen molar-refractivity contribution in [3.8, 4) is 0 Å². The summed E-state index contributed by atoms with van der Waals surface area (Å²) < 4.78 is 0. The minimum Gasteiger partial charge on any atom is 0 e. The van der Waals surface area contributed by atoms with Gasteiger partial charge in [0.05, 0.1) is 0 Å². The summed E-state index contributed by atoms with van der Waals surface area (Å²) in [7, 11) is 0. The average Bonchev–Trinajstić information content (AvgIpc) is 0. The molecule has 0 amide bonds. The number of hydrogen-bond donors (Lipinski definition) is 0. The van der Waals surface area contributed by atoms with Crippen molar-refractivity contribution in [2.75, 3.05) is 0 Å². The Labute approximate surface area is 115 Å². The molecule has 0 nitrogen and oxygen atoms in total. The van der Waals surface area contributed by atoms with E-state index >= 15 is 0 Å². The van der Waals surface area contributed by atoms with Gasteiger partial charge in [0.25, 0.3) is 0 Å². The molecule has 0 atom stereocenters. The largest absolute Gasteiger partial charge is 0 e. The van der Waals surface area contributed by atoms with Gasteiger partial charge >= 0.3 is 0 Å². The van der Waals surface area contributed by atoms with Crippen molar-refractivity contribution in [2.24, 2.45) is 0 Å². The van der Waals surface area contributed by atoms with Crippen LogP contribution in [0.5, 0.6) is 0 Å². The van der Waals surface area contributed by atoms with Crippen molar-refractivity contribution < 1.29 is 118 Å². The molecule has 0 aromatic heterocycles. The van der Waals surface area contributed by atoms with E-state index in [-0.39, 0.29) is 118 Å². The van der Waals surface area contributed by atoms with E-state index in [1.165, 1.54) is 0 Å². The molecule has 0 saturated heterocycles. The predicted molar refractivity (Wildman–Crippen MR) is 0 cm³/mol. The van der Waals surface area contributed by atoms with Gasteiger partial charge < -0.3 is 0 Å². The molecule has 0 unspecified atom stereocenters. The van der Waals surface area contributed by atoms with Crippen LogP contribution in [0, 0.1) is 79.5 Å². The van der Waals surface area contributed by atoms with Crippen LogP contribution in [0.1, 0.15) is 0 Å². The average molecular weight is 408 g/mol. The van der Waals surface area contributed by atoms with Crippen molar-refractivity contribution in [1.29, 1.82) is 0 Å². The summed E-state index contributed by atoms with van der Waals surface area (Å²) in [6.07, 6.45) is 0. The van der Waals surface area contributed by atoms with Crippen LogP contribution in [0.2, 0.25) is 0 Å². The Bertz CT molecular complexity index is 8.00. The van der Waals surface area contributed by atoms with Gasteiger partial charge in [0.15, 0.2) is 0 Å². The molecule has 0 bridgehead atoms. The van der Waals surface area contributed by atoms with E-state index < -0.39 is 0 Å². The summed E-state index contributed by atoms with van der Waals surface area (Å²) in [5, 5.41) is 0. The van der Waals surface area contributed by atoms with Gasteiger partial charge in [0, 0.05) is 118 Å². The summed E-state index contributed by atoms with van der Waals surface area (Å²) in [6, 6.07) is 0. The van der Waals surface area contributed by atoms with Gasteiger partial charge in [-0.2, -0.15) is 0 Å². The molecule has 0 spiro atoms. The molecule has 4 heavy (non-hydrogen) atoms. The third-order valence-electron chi connectivity index (χ3n) is 0. The molecule has 0 fully saturated rings. The van der Waals surface area contributed by atoms with Crippen LogP contribution in [0.3, 0.4) is 0 Å². The van der Waals surface area contributed by atoms with E-state index in [1.54, 1.807) is 0 Å². The maximum atomic E-state index is 0. The Kier molecular flexibility index (Phi) is 98.0. The van der Waals surface area contributed by atoms with E-state index in [1.807, 2.05) is 0 Å². The van der Waals surface area contributed by atoms with Crippen molar-refractivity contribution >= 4 is 0 Å². The van der Waals surface area contributed by atoms with Crippen LogP contribution in [-0.4, -0.2) is 0 Å². The van der Waals surface area contributed by atoms with E-state index in [2.05, 4.69) is 0 Å². The maximum absolute atomic E-state index is 0. The molecule has 0 aromatic rings. The Hall–Kier alpha value is 3.87. The zero-order valence-corrected chi connectivity index (χ0v) is 9.50. The maximum Gasteiger partial charge on any atom is 0 e. The quantitative estimate of drug-likeness (QED) is 0.496. The first-order valence-corrected chi connectivity index (χ1v) is 0. The van der Waals surface area contributed by atoms with Gasteiger partial charge in [-0.05, 0) is 0 Å². The molecule has 0 aromatic carbocycles. The summed E-state index contributed by atoms with van der Waals surface area (Å²) in [5.41, 5.74) is 0. The molecule has 0 saturated carbocycles. The molecule has 4 heteroatoms. The monoisotopic (exact) mass is 408 g/mol. The molecule has 0 heterocycles. The van der Waals surface area contributed by atoms with E-state index in [4.69, 9.17) is 0 Å². The zero-order chi connectivity index (χ0) is 0. The Balaban J connectivity index is 0. The molecule has 0 aliphatic rings. The van der Waals surface area contributed by atoms with Crippen molar-refractivity contribution in [3.63, 3.8) is 0 Å². The fraction of sp³-hybridized carbons (Fsp3) is 0. The van der Waals surface area contributed by atoms with Crippen LogP contribution in [0.4, 0.5) is 0 Å². The molecule has 2 radical (unpaired) electrons. The van der Waals surface area contributed by atoms with Crippen molar-refractivity contribution in [1.82, 2.24) is 0 Å². The van der Waals surface area contributed by atoms with Gasteiger partial charge in [-0.15, -0.1) is 0 Å². The third-order valence-corrected chi connectivity index (χ3v) is 0. The molecular weight excluding hydrogens is 408 g/mol. The normalized spacial score (nSPS) is 0. The van der Waals surface area contributed by atoms with E-state index in [0.29, 0.717) is 0 Å². The molecule has 26 valence electrons. The van der Waals surface area contributed by atoms with E-state index in [9.17, 15) is 0 Å². The van der Waals surface area contributed by atoms with Crippen molar-refractivity contribution in [3.05, 3.63) is 0 Å². The van der Waals surface area contributed by atoms with E-state index in [0.717, 1.165) is 0 Å². The van der Waals surface area contributed by atoms with Crippen LogP contribution < -0.4 is 0 Å². The standard InChI is InChI=1S/Ce.Ho.Mn.Ti. The Morgan fingerprint density at radius 1 is 1.00 bits per heavy atom. The van der Waals surface area contributed by atoms with Gasteiger partial charge in [-0.1, -0.05) is 0 Å². The van der Waals surface area contributed by atoms with Gasteiger partial charge in [-0.3, -0.25) is 0 Å². The van der Waals surface area contributed by atoms with Crippen LogP contribution in [-0.2, 0) is 38.8 Å². The first kappa shape index (κ1) is 24.8. The summed E-state index contributed by atoms with van der Waals surface area (Å²) in [6.45, 7) is 0. The fourth-order valence-corrected chi connectivity index (χ4v) is 0. The van der Waals surface area contributed by atoms with Crippen LogP contribution in [0.15, 0.2) is 0 Å². The molecule has 0 aliphatic heterocycles. The molecule has 0 aliphatic carbocycles. The smallest absolute Gasteiger partial charge is 0 e. The van der Waals surface area contributed by atoms with Crippen molar-refractivity contribution in [2.45, 2.75) is 0 Å². The second-order valence-electron chi connectivity index (χ2n) is 0. The first-order valence-electron chi connectivity index (χ1n) is 0. The predicted octanol–water partition coefficient (Wildman–Crippen LogP) is -0.00500. The molecule has 0 rings (SSSR count). The SMILES string of the molecule is [Ce].[Ho].[Mn].[Ti]. The second kappa shape index (κ2) is 15.8. The summed E-state index contributed by atoms with van der Waals surface area (Å²) >= 11 is 0. The summed E-state index contributed by atoms with van der Waals surface area (Å²) in [5.74, 6) is 0. The second-order valence-corrected chi connectivity index (χ2v) is 0. The van der Waals surface area contributed by atoms with Crippen LogP contribution in [0.25, 0.3) is 0 Å². The first-order chi connectivity index (χ1) is 0.